The average Bonchev–Trinajstić information content (AvgIpc) is 3.24. The first kappa shape index (κ1) is 61.6. The van der Waals surface area contributed by atoms with Gasteiger partial charge in [-0.25, -0.2) is 14.4 Å². The molecule has 66 heavy (non-hydrogen) atoms. The molecule has 0 radical (unpaired) electrons. The Morgan fingerprint density at radius 1 is 0.576 bits per heavy atom. The lowest BCUT2D eigenvalue weighted by molar-refractivity contribution is -0.156. The molecule has 0 fully saturated rings. The molecule has 0 aliphatic heterocycles. The van der Waals surface area contributed by atoms with Crippen LogP contribution < -0.4 is 16.0 Å². The van der Waals surface area contributed by atoms with Gasteiger partial charge < -0.3 is 50.6 Å². The number of ether oxygens (including phenoxy) is 3. The first-order chi connectivity index (χ1) is 31.0. The van der Waals surface area contributed by atoms with Crippen molar-refractivity contribution in [1.29, 1.82) is 0 Å². The molecular weight excluding hydrogens is 929 g/mol. The molecule has 4 aromatic carbocycles. The van der Waals surface area contributed by atoms with Gasteiger partial charge in [-0.05, 0) is 75.7 Å². The number of aromatic hydroxyl groups is 3. The molecule has 3 atom stereocenters. The highest BCUT2D eigenvalue weighted by Gasteiger charge is 2.25. The van der Waals surface area contributed by atoms with Crippen LogP contribution in [0.1, 0.15) is 70.3 Å². The van der Waals surface area contributed by atoms with Crippen LogP contribution in [0.3, 0.4) is 0 Å². The van der Waals surface area contributed by atoms with Crippen LogP contribution in [-0.4, -0.2) is 100 Å². The first-order valence-corrected chi connectivity index (χ1v) is 22.0. The fraction of sp³-hybridized carbons (Fsp3) is 0.318. The van der Waals surface area contributed by atoms with Crippen molar-refractivity contribution < 1.29 is 76.4 Å². The van der Waals surface area contributed by atoms with Crippen molar-refractivity contribution in [3.63, 3.8) is 0 Å². The number of aliphatic hydroxyl groups excluding tert-OH is 1. The van der Waals surface area contributed by atoms with Gasteiger partial charge in [-0.1, -0.05) is 66.2 Å². The van der Waals surface area contributed by atoms with Crippen molar-refractivity contribution >= 4 is 68.9 Å². The molecule has 0 aliphatic rings. The Kier molecular flexibility index (Phi) is 32.6. The van der Waals surface area contributed by atoms with E-state index in [1.54, 1.807) is 87.5 Å². The van der Waals surface area contributed by atoms with Gasteiger partial charge in [0.25, 0.3) is 10.1 Å². The van der Waals surface area contributed by atoms with Gasteiger partial charge in [0.05, 0.1) is 30.1 Å². The fourth-order valence-electron chi connectivity index (χ4n) is 4.41. The van der Waals surface area contributed by atoms with Crippen LogP contribution in [0.25, 0.3) is 0 Å². The van der Waals surface area contributed by atoms with Gasteiger partial charge in [0.1, 0.15) is 17.2 Å². The van der Waals surface area contributed by atoms with Crippen LogP contribution >= 0.6 is 23.2 Å². The quantitative estimate of drug-likeness (QED) is 0.0293. The third-order valence-corrected chi connectivity index (χ3v) is 8.01. The molecule has 0 heterocycles. The maximum Gasteiger partial charge on any atom is 0.356 e. The molecule has 0 spiro atoms. The second-order valence-corrected chi connectivity index (χ2v) is 14.7. The van der Waals surface area contributed by atoms with Crippen molar-refractivity contribution in [3.8, 4) is 17.2 Å². The number of hydrogen-bond donors (Lipinski definition) is 8. The lowest BCUT2D eigenvalue weighted by Crippen LogP contribution is -2.40. The largest absolute Gasteiger partial charge is 0.508 e. The Morgan fingerprint density at radius 3 is 1.36 bits per heavy atom. The first-order valence-electron chi connectivity index (χ1n) is 19.4. The number of aryl methyl sites for hydroxylation is 1. The molecule has 0 bridgehead atoms. The van der Waals surface area contributed by atoms with Crippen LogP contribution in [0, 0.1) is 6.92 Å². The second-order valence-electron chi connectivity index (χ2n) is 12.5. The summed E-state index contributed by atoms with van der Waals surface area (Å²) in [5, 5.41) is 43.4. The average molecular weight is 987 g/mol. The number of phenols is 3. The van der Waals surface area contributed by atoms with E-state index in [1.165, 1.54) is 51.1 Å². The molecule has 364 valence electrons. The zero-order valence-electron chi connectivity index (χ0n) is 37.3. The highest BCUT2D eigenvalue weighted by molar-refractivity contribution is 7.85. The second kappa shape index (κ2) is 34.9. The lowest BCUT2D eigenvalue weighted by Gasteiger charge is -2.17. The van der Waals surface area contributed by atoms with Gasteiger partial charge in [0.15, 0.2) is 12.1 Å². The molecule has 22 heteroatoms. The number of hydrogen-bond acceptors (Lipinski definition) is 15. The SMILES string of the molecule is CCOC(=O)C(NC(C)=O)c1ccc(O)cc1.CCOC(=O)C(NC(C)=O)c1ccccc1O.CCOC(=O)C(O)NC(C)=O.Cc1ccc(S(=O)(=O)O)cc1.ClCCl.Oc1ccccc1. The van der Waals surface area contributed by atoms with Crippen LogP contribution in [-0.2, 0) is 53.1 Å². The number of amides is 3. The zero-order chi connectivity index (χ0) is 50.8. The molecule has 3 unspecified atom stereocenters. The van der Waals surface area contributed by atoms with E-state index in [1.807, 2.05) is 18.3 Å². The van der Waals surface area contributed by atoms with Crippen molar-refractivity contribution in [1.82, 2.24) is 16.0 Å². The molecule has 4 aromatic rings. The van der Waals surface area contributed by atoms with Gasteiger partial charge in [0, 0.05) is 26.3 Å². The summed E-state index contributed by atoms with van der Waals surface area (Å²) in [5.41, 5.74) is 1.84. The Labute approximate surface area is 393 Å². The number of nitrogens with one attached hydrogen (secondary N) is 3. The number of carbonyl (C=O) groups is 6. The van der Waals surface area contributed by atoms with E-state index in [2.05, 4.69) is 15.4 Å². The zero-order valence-corrected chi connectivity index (χ0v) is 39.6. The van der Waals surface area contributed by atoms with Crippen molar-refractivity contribution in [2.24, 2.45) is 0 Å². The van der Waals surface area contributed by atoms with Gasteiger partial charge in [-0.2, -0.15) is 8.42 Å². The van der Waals surface area contributed by atoms with Crippen LogP contribution in [0.5, 0.6) is 17.2 Å². The molecule has 4 rings (SSSR count). The highest BCUT2D eigenvalue weighted by atomic mass is 35.5. The predicted octanol–water partition coefficient (Wildman–Crippen LogP) is 5.32. The number of rotatable bonds is 12. The lowest BCUT2D eigenvalue weighted by atomic mass is 10.1. The summed E-state index contributed by atoms with van der Waals surface area (Å²) in [6.07, 6.45) is -1.55. The molecule has 0 saturated carbocycles. The van der Waals surface area contributed by atoms with Crippen molar-refractivity contribution in [2.45, 2.75) is 71.7 Å². The number of aliphatic hydroxyl groups is 1. The summed E-state index contributed by atoms with van der Waals surface area (Å²) in [6, 6.07) is 25.2. The minimum absolute atomic E-state index is 0.0562. The van der Waals surface area contributed by atoms with Gasteiger partial charge >= 0.3 is 17.9 Å². The number of para-hydroxylation sites is 2. The topological polar surface area (TPSA) is 301 Å². The summed E-state index contributed by atoms with van der Waals surface area (Å²) in [7, 11) is -4.02. The van der Waals surface area contributed by atoms with E-state index in [-0.39, 0.29) is 53.4 Å². The standard InChI is InChI=1S/2C12H15NO4.C7H8O3S.C6H11NO4.C6H6O.CH2Cl2/c1-3-17-12(16)11(13-8(2)14)9-4-6-10(15)7-5-9;1-3-17-12(16)11(13-8(2)14)9-6-4-5-7-10(9)15;1-6-2-4-7(5-3-6)11(8,9)10;1-3-11-6(10)5(9)7-4(2)8;7-6-4-2-1-3-5-6;2-1-3/h2*4-7,11,15H,3H2,1-2H3,(H,13,14);2-5H,1H3,(H,8,9,10);5,9H,3H2,1-2H3,(H,7,8);1-5,7H;1H2. The molecule has 0 aromatic heterocycles. The third-order valence-electron chi connectivity index (χ3n) is 7.14. The molecule has 3 amide bonds. The minimum Gasteiger partial charge on any atom is -0.508 e. The Morgan fingerprint density at radius 2 is 0.970 bits per heavy atom. The molecule has 19 nitrogen and oxygen atoms in total. The van der Waals surface area contributed by atoms with Crippen LogP contribution in [0.4, 0.5) is 0 Å². The number of phenolic OH excluding ortho intramolecular Hbond substituents is 3. The molecule has 0 aliphatic carbocycles. The summed E-state index contributed by atoms with van der Waals surface area (Å²) < 4.78 is 43.7. The number of halogens is 2. The number of alkyl halides is 2. The Hall–Kier alpha value is -6.45. The summed E-state index contributed by atoms with van der Waals surface area (Å²) >= 11 is 9.53. The number of esters is 3. The van der Waals surface area contributed by atoms with E-state index in [0.717, 1.165) is 5.56 Å². The van der Waals surface area contributed by atoms with Gasteiger partial charge in [-0.15, -0.1) is 23.2 Å². The number of carbonyl (C=O) groups excluding carboxylic acids is 6. The maximum absolute atomic E-state index is 11.7. The van der Waals surface area contributed by atoms with E-state index >= 15 is 0 Å². The fourth-order valence-corrected chi connectivity index (χ4v) is 4.89. The van der Waals surface area contributed by atoms with Gasteiger partial charge in [0.2, 0.25) is 23.9 Å². The van der Waals surface area contributed by atoms with Gasteiger partial charge in [-0.3, -0.25) is 18.9 Å². The monoisotopic (exact) mass is 985 g/mol. The van der Waals surface area contributed by atoms with Crippen molar-refractivity contribution in [3.05, 3.63) is 120 Å². The van der Waals surface area contributed by atoms with E-state index in [4.69, 9.17) is 52.5 Å². The summed E-state index contributed by atoms with van der Waals surface area (Å²) in [4.78, 5) is 66.2. The Bertz CT molecular complexity index is 2160. The van der Waals surface area contributed by atoms with Crippen LogP contribution in [0.2, 0.25) is 0 Å². The predicted molar refractivity (Wildman–Crippen MR) is 245 cm³/mol. The van der Waals surface area contributed by atoms with E-state index in [0.29, 0.717) is 16.9 Å². The summed E-state index contributed by atoms with van der Waals surface area (Å²) in [5.74, 6) is -2.77. The van der Waals surface area contributed by atoms with Crippen LogP contribution in [0.15, 0.2) is 108 Å². The number of benzene rings is 4. The highest BCUT2D eigenvalue weighted by Crippen LogP contribution is 2.24. The van der Waals surface area contributed by atoms with E-state index < -0.39 is 52.2 Å². The maximum atomic E-state index is 11.7. The molecular formula is C44H57Cl2N3O16S. The van der Waals surface area contributed by atoms with E-state index in [9.17, 15) is 42.3 Å². The normalized spacial score (nSPS) is 11.1. The third kappa shape index (κ3) is 29.1. The molecule has 8 N–H and O–H groups in total. The molecule has 0 saturated heterocycles. The summed E-state index contributed by atoms with van der Waals surface area (Å²) in [6.45, 7) is 11.3. The van der Waals surface area contributed by atoms with Crippen molar-refractivity contribution in [2.75, 3.05) is 25.2 Å². The smallest absolute Gasteiger partial charge is 0.356 e. The minimum atomic E-state index is -4.02. The Balaban J connectivity index is 0.